The molecule has 0 amide bonds. The molecule has 0 aliphatic heterocycles. The Balaban J connectivity index is 2.05. The van der Waals surface area contributed by atoms with Crippen LogP contribution in [-0.2, 0) is 0 Å². The third-order valence-electron chi connectivity index (χ3n) is 2.94. The maximum atomic E-state index is 12.9. The molecule has 3 rings (SSSR count). The molecule has 0 bridgehead atoms. The average Bonchev–Trinajstić information content (AvgIpc) is 2.82. The first-order valence-corrected chi connectivity index (χ1v) is 6.04. The summed E-state index contributed by atoms with van der Waals surface area (Å²) in [5, 5.41) is 4.41. The molecule has 20 heavy (non-hydrogen) atoms. The lowest BCUT2D eigenvalue weighted by Crippen LogP contribution is -1.95. The van der Waals surface area contributed by atoms with Gasteiger partial charge in [-0.05, 0) is 37.3 Å². The first-order chi connectivity index (χ1) is 9.63. The van der Waals surface area contributed by atoms with E-state index in [4.69, 9.17) is 5.73 Å². The van der Waals surface area contributed by atoms with Gasteiger partial charge in [-0.2, -0.15) is 5.10 Å². The normalized spacial score (nSPS) is 10.7. The number of halogens is 1. The van der Waals surface area contributed by atoms with E-state index in [1.807, 2.05) is 13.1 Å². The van der Waals surface area contributed by atoms with Crippen molar-refractivity contribution in [3.63, 3.8) is 0 Å². The quantitative estimate of drug-likeness (QED) is 0.775. The Morgan fingerprint density at radius 2 is 1.90 bits per heavy atom. The molecule has 6 heteroatoms. The Bertz CT molecular complexity index is 749. The summed E-state index contributed by atoms with van der Waals surface area (Å²) < 4.78 is 14.6. The SMILES string of the molecule is Cc1nn(-c2ccc(F)cc2)cc1-c1ccnc(N)n1. The second-order valence-electron chi connectivity index (χ2n) is 4.35. The van der Waals surface area contributed by atoms with Gasteiger partial charge in [0.05, 0.1) is 17.1 Å². The zero-order valence-electron chi connectivity index (χ0n) is 10.8. The van der Waals surface area contributed by atoms with Crippen LogP contribution in [0.3, 0.4) is 0 Å². The Labute approximate surface area is 114 Å². The van der Waals surface area contributed by atoms with Crippen LogP contribution in [0, 0.1) is 12.7 Å². The smallest absolute Gasteiger partial charge is 0.220 e. The van der Waals surface area contributed by atoms with Crippen LogP contribution in [0.4, 0.5) is 10.3 Å². The molecule has 2 heterocycles. The van der Waals surface area contributed by atoms with E-state index in [1.54, 1.807) is 29.1 Å². The van der Waals surface area contributed by atoms with Crippen molar-refractivity contribution in [2.24, 2.45) is 0 Å². The summed E-state index contributed by atoms with van der Waals surface area (Å²) in [6.07, 6.45) is 3.44. The van der Waals surface area contributed by atoms with E-state index >= 15 is 0 Å². The highest BCUT2D eigenvalue weighted by Crippen LogP contribution is 2.22. The molecule has 0 aliphatic carbocycles. The van der Waals surface area contributed by atoms with Gasteiger partial charge in [-0.3, -0.25) is 0 Å². The van der Waals surface area contributed by atoms with E-state index in [0.717, 1.165) is 16.9 Å². The van der Waals surface area contributed by atoms with E-state index in [1.165, 1.54) is 12.1 Å². The average molecular weight is 269 g/mol. The van der Waals surface area contributed by atoms with E-state index in [0.29, 0.717) is 5.69 Å². The lowest BCUT2D eigenvalue weighted by atomic mass is 10.2. The summed E-state index contributed by atoms with van der Waals surface area (Å²) in [5.41, 5.74) is 8.76. The summed E-state index contributed by atoms with van der Waals surface area (Å²) in [4.78, 5) is 8.05. The summed E-state index contributed by atoms with van der Waals surface area (Å²) in [7, 11) is 0. The van der Waals surface area contributed by atoms with Gasteiger partial charge in [0.2, 0.25) is 5.95 Å². The monoisotopic (exact) mass is 269 g/mol. The molecule has 0 aliphatic rings. The first kappa shape index (κ1) is 12.3. The summed E-state index contributed by atoms with van der Waals surface area (Å²) in [6, 6.07) is 7.90. The number of hydrogen-bond donors (Lipinski definition) is 1. The van der Waals surface area contributed by atoms with Crippen LogP contribution < -0.4 is 5.73 Å². The van der Waals surface area contributed by atoms with E-state index < -0.39 is 0 Å². The Morgan fingerprint density at radius 3 is 2.60 bits per heavy atom. The van der Waals surface area contributed by atoms with Crippen LogP contribution >= 0.6 is 0 Å². The van der Waals surface area contributed by atoms with Gasteiger partial charge in [0.1, 0.15) is 5.82 Å². The number of benzene rings is 1. The molecule has 0 saturated heterocycles. The Morgan fingerprint density at radius 1 is 1.15 bits per heavy atom. The van der Waals surface area contributed by atoms with Gasteiger partial charge in [-0.1, -0.05) is 0 Å². The minimum Gasteiger partial charge on any atom is -0.368 e. The maximum absolute atomic E-state index is 12.9. The lowest BCUT2D eigenvalue weighted by Gasteiger charge is -2.00. The molecule has 0 unspecified atom stereocenters. The zero-order chi connectivity index (χ0) is 14.1. The van der Waals surface area contributed by atoms with Crippen molar-refractivity contribution in [2.45, 2.75) is 6.92 Å². The summed E-state index contributed by atoms with van der Waals surface area (Å²) >= 11 is 0. The predicted octanol–water partition coefficient (Wildman–Crippen LogP) is 2.36. The standard InChI is InChI=1S/C14H12FN5/c1-9-12(13-6-7-17-14(16)18-13)8-20(19-9)11-4-2-10(15)3-5-11/h2-8H,1H3,(H2,16,17,18). The van der Waals surface area contributed by atoms with Gasteiger partial charge < -0.3 is 5.73 Å². The number of aromatic nitrogens is 4. The number of nitrogens with zero attached hydrogens (tertiary/aromatic N) is 4. The maximum Gasteiger partial charge on any atom is 0.220 e. The van der Waals surface area contributed by atoms with Crippen molar-refractivity contribution in [3.8, 4) is 16.9 Å². The fraction of sp³-hybridized carbons (Fsp3) is 0.0714. The van der Waals surface area contributed by atoms with Crippen molar-refractivity contribution in [1.82, 2.24) is 19.7 Å². The number of hydrogen-bond acceptors (Lipinski definition) is 4. The van der Waals surface area contributed by atoms with E-state index in [2.05, 4.69) is 15.1 Å². The molecule has 0 fully saturated rings. The molecule has 2 N–H and O–H groups in total. The second kappa shape index (κ2) is 4.73. The van der Waals surface area contributed by atoms with Gasteiger partial charge in [-0.15, -0.1) is 0 Å². The molecule has 0 spiro atoms. The first-order valence-electron chi connectivity index (χ1n) is 6.04. The van der Waals surface area contributed by atoms with Crippen molar-refractivity contribution >= 4 is 5.95 Å². The van der Waals surface area contributed by atoms with Gasteiger partial charge in [-0.25, -0.2) is 19.0 Å². The molecular weight excluding hydrogens is 257 g/mol. The Kier molecular flexibility index (Phi) is 2.90. The molecule has 3 aromatic rings. The molecule has 5 nitrogen and oxygen atoms in total. The fourth-order valence-corrected chi connectivity index (χ4v) is 1.96. The highest BCUT2D eigenvalue weighted by atomic mass is 19.1. The number of rotatable bonds is 2. The van der Waals surface area contributed by atoms with Crippen LogP contribution in [0.5, 0.6) is 0 Å². The van der Waals surface area contributed by atoms with Crippen LogP contribution in [0.1, 0.15) is 5.69 Å². The summed E-state index contributed by atoms with van der Waals surface area (Å²) in [5.74, 6) is -0.0575. The van der Waals surface area contributed by atoms with Crippen LogP contribution in [0.2, 0.25) is 0 Å². The molecule has 0 atom stereocenters. The van der Waals surface area contributed by atoms with Crippen molar-refractivity contribution in [1.29, 1.82) is 0 Å². The number of nitrogen functional groups attached to an aromatic ring is 1. The van der Waals surface area contributed by atoms with Crippen LogP contribution in [0.15, 0.2) is 42.7 Å². The lowest BCUT2D eigenvalue weighted by molar-refractivity contribution is 0.627. The highest BCUT2D eigenvalue weighted by Gasteiger charge is 2.10. The number of nitrogens with two attached hydrogens (primary N) is 1. The zero-order valence-corrected chi connectivity index (χ0v) is 10.8. The number of anilines is 1. The van der Waals surface area contributed by atoms with E-state index in [9.17, 15) is 4.39 Å². The van der Waals surface area contributed by atoms with Gasteiger partial charge in [0, 0.05) is 18.0 Å². The second-order valence-corrected chi connectivity index (χ2v) is 4.35. The molecule has 2 aromatic heterocycles. The summed E-state index contributed by atoms with van der Waals surface area (Å²) in [6.45, 7) is 1.88. The third kappa shape index (κ3) is 2.23. The molecule has 100 valence electrons. The topological polar surface area (TPSA) is 69.6 Å². The fourth-order valence-electron chi connectivity index (χ4n) is 1.96. The minimum atomic E-state index is -0.276. The Hall–Kier alpha value is -2.76. The number of aryl methyl sites for hydroxylation is 1. The van der Waals surface area contributed by atoms with Crippen molar-refractivity contribution in [3.05, 3.63) is 54.2 Å². The van der Waals surface area contributed by atoms with Crippen molar-refractivity contribution < 1.29 is 4.39 Å². The van der Waals surface area contributed by atoms with Gasteiger partial charge in [0.25, 0.3) is 0 Å². The third-order valence-corrected chi connectivity index (χ3v) is 2.94. The van der Waals surface area contributed by atoms with Crippen LogP contribution in [0.25, 0.3) is 16.9 Å². The van der Waals surface area contributed by atoms with Crippen molar-refractivity contribution in [2.75, 3.05) is 5.73 Å². The minimum absolute atomic E-state index is 0.219. The van der Waals surface area contributed by atoms with E-state index in [-0.39, 0.29) is 11.8 Å². The van der Waals surface area contributed by atoms with Gasteiger partial charge in [0.15, 0.2) is 0 Å². The molecule has 1 aromatic carbocycles. The molecule has 0 radical (unpaired) electrons. The predicted molar refractivity (Wildman–Crippen MR) is 73.7 cm³/mol. The largest absolute Gasteiger partial charge is 0.368 e. The molecular formula is C14H12FN5. The highest BCUT2D eigenvalue weighted by molar-refractivity contribution is 5.62. The van der Waals surface area contributed by atoms with Gasteiger partial charge >= 0.3 is 0 Å². The van der Waals surface area contributed by atoms with Crippen LogP contribution in [-0.4, -0.2) is 19.7 Å². The molecule has 0 saturated carbocycles.